The summed E-state index contributed by atoms with van der Waals surface area (Å²) in [5.41, 5.74) is 7.98. The molecule has 1 aromatic rings. The number of hydrogen-bond donors (Lipinski definition) is 1. The second-order valence-electron chi connectivity index (χ2n) is 5.13. The van der Waals surface area contributed by atoms with Gasteiger partial charge in [-0.15, -0.1) is 0 Å². The number of nitrogens with two attached hydrogens (primary N) is 1. The molecule has 0 bridgehead atoms. The maximum absolute atomic E-state index is 12.7. The van der Waals surface area contributed by atoms with Crippen molar-refractivity contribution in [1.29, 1.82) is 0 Å². The van der Waals surface area contributed by atoms with Crippen LogP contribution in [0, 0.1) is 5.92 Å². The highest BCUT2D eigenvalue weighted by Gasteiger charge is 2.35. The SMILES string of the molecule is CCCC(C(=O)N1c2ccccc2CC1C)C(N)=S. The Morgan fingerprint density at radius 3 is 2.84 bits per heavy atom. The van der Waals surface area contributed by atoms with Crippen molar-refractivity contribution in [1.82, 2.24) is 0 Å². The van der Waals surface area contributed by atoms with Gasteiger partial charge in [-0.2, -0.15) is 0 Å². The standard InChI is InChI=1S/C15H20N2OS/c1-3-6-12(14(16)19)15(18)17-10(2)9-11-7-4-5-8-13(11)17/h4-5,7-8,10,12H,3,6,9H2,1-2H3,(H2,16,19). The van der Waals surface area contributed by atoms with Crippen LogP contribution in [0.2, 0.25) is 0 Å². The van der Waals surface area contributed by atoms with E-state index in [1.54, 1.807) is 0 Å². The van der Waals surface area contributed by atoms with E-state index in [0.717, 1.165) is 24.9 Å². The van der Waals surface area contributed by atoms with Crippen LogP contribution < -0.4 is 10.6 Å². The lowest BCUT2D eigenvalue weighted by molar-refractivity contribution is -0.120. The van der Waals surface area contributed by atoms with Crippen LogP contribution in [0.5, 0.6) is 0 Å². The molecule has 102 valence electrons. The molecule has 2 N–H and O–H groups in total. The number of rotatable bonds is 4. The third-order valence-electron chi connectivity index (χ3n) is 3.66. The lowest BCUT2D eigenvalue weighted by atomic mass is 10.0. The molecule has 0 saturated carbocycles. The second kappa shape index (κ2) is 5.70. The van der Waals surface area contributed by atoms with Gasteiger partial charge < -0.3 is 10.6 Å². The van der Waals surface area contributed by atoms with E-state index in [1.807, 2.05) is 30.0 Å². The number of carbonyl (C=O) groups is 1. The topological polar surface area (TPSA) is 46.3 Å². The molecule has 4 heteroatoms. The van der Waals surface area contributed by atoms with Gasteiger partial charge in [0, 0.05) is 11.7 Å². The summed E-state index contributed by atoms with van der Waals surface area (Å²) in [6, 6.07) is 8.23. The van der Waals surface area contributed by atoms with Crippen LogP contribution >= 0.6 is 12.2 Å². The first-order valence-electron chi connectivity index (χ1n) is 6.76. The van der Waals surface area contributed by atoms with Crippen molar-refractivity contribution in [2.75, 3.05) is 4.90 Å². The van der Waals surface area contributed by atoms with E-state index in [4.69, 9.17) is 18.0 Å². The number of fused-ring (bicyclic) bond motifs is 1. The summed E-state index contributed by atoms with van der Waals surface area (Å²) in [6.07, 6.45) is 2.52. The lowest BCUT2D eigenvalue weighted by Gasteiger charge is -2.27. The molecule has 3 nitrogen and oxygen atoms in total. The number of thiocarbonyl (C=S) groups is 1. The molecule has 0 radical (unpaired) electrons. The molecule has 1 heterocycles. The van der Waals surface area contributed by atoms with Gasteiger partial charge in [-0.25, -0.2) is 0 Å². The molecule has 0 spiro atoms. The van der Waals surface area contributed by atoms with E-state index >= 15 is 0 Å². The number of carbonyl (C=O) groups excluding carboxylic acids is 1. The van der Waals surface area contributed by atoms with Gasteiger partial charge in [-0.1, -0.05) is 43.8 Å². The van der Waals surface area contributed by atoms with E-state index in [2.05, 4.69) is 13.0 Å². The predicted octanol–water partition coefficient (Wildman–Crippen LogP) is 2.67. The minimum absolute atomic E-state index is 0.0480. The van der Waals surface area contributed by atoms with Crippen molar-refractivity contribution in [2.24, 2.45) is 11.7 Å². The maximum atomic E-state index is 12.7. The first kappa shape index (κ1) is 14.0. The van der Waals surface area contributed by atoms with E-state index in [9.17, 15) is 4.79 Å². The highest BCUT2D eigenvalue weighted by molar-refractivity contribution is 7.80. The summed E-state index contributed by atoms with van der Waals surface area (Å²) in [7, 11) is 0. The van der Waals surface area contributed by atoms with Crippen LogP contribution in [0.4, 0.5) is 5.69 Å². The Morgan fingerprint density at radius 1 is 1.53 bits per heavy atom. The second-order valence-corrected chi connectivity index (χ2v) is 5.61. The number of anilines is 1. The van der Waals surface area contributed by atoms with E-state index in [0.29, 0.717) is 4.99 Å². The van der Waals surface area contributed by atoms with Crippen molar-refractivity contribution in [3.8, 4) is 0 Å². The van der Waals surface area contributed by atoms with Gasteiger partial charge in [0.25, 0.3) is 0 Å². The van der Waals surface area contributed by atoms with Gasteiger partial charge in [0.05, 0.1) is 10.9 Å². The number of hydrogen-bond acceptors (Lipinski definition) is 2. The molecule has 2 rings (SSSR count). The van der Waals surface area contributed by atoms with E-state index in [-0.39, 0.29) is 17.9 Å². The first-order chi connectivity index (χ1) is 9.06. The van der Waals surface area contributed by atoms with Crippen molar-refractivity contribution >= 4 is 28.8 Å². The molecular weight excluding hydrogens is 256 g/mol. The van der Waals surface area contributed by atoms with Crippen molar-refractivity contribution in [2.45, 2.75) is 39.2 Å². The Kier molecular flexibility index (Phi) is 4.20. The van der Waals surface area contributed by atoms with Crippen LogP contribution in [-0.2, 0) is 11.2 Å². The molecule has 0 saturated heterocycles. The number of para-hydroxylation sites is 1. The number of nitrogens with zero attached hydrogens (tertiary/aromatic N) is 1. The Balaban J connectivity index is 2.30. The van der Waals surface area contributed by atoms with Gasteiger partial charge in [0.1, 0.15) is 0 Å². The Morgan fingerprint density at radius 2 is 2.21 bits per heavy atom. The summed E-state index contributed by atoms with van der Waals surface area (Å²) < 4.78 is 0. The average molecular weight is 276 g/mol. The van der Waals surface area contributed by atoms with Crippen LogP contribution in [-0.4, -0.2) is 16.9 Å². The zero-order chi connectivity index (χ0) is 14.0. The van der Waals surface area contributed by atoms with Crippen molar-refractivity contribution < 1.29 is 4.79 Å². The Labute approximate surface area is 119 Å². The van der Waals surface area contributed by atoms with Gasteiger partial charge in [0.2, 0.25) is 5.91 Å². The molecule has 1 amide bonds. The molecule has 0 aromatic heterocycles. The van der Waals surface area contributed by atoms with E-state index in [1.165, 1.54) is 5.56 Å². The fraction of sp³-hybridized carbons (Fsp3) is 0.467. The highest BCUT2D eigenvalue weighted by atomic mass is 32.1. The van der Waals surface area contributed by atoms with Crippen molar-refractivity contribution in [3.05, 3.63) is 29.8 Å². The fourth-order valence-corrected chi connectivity index (χ4v) is 2.96. The molecule has 2 unspecified atom stereocenters. The van der Waals surface area contributed by atoms with Crippen LogP contribution in [0.25, 0.3) is 0 Å². The zero-order valence-electron chi connectivity index (χ0n) is 11.4. The third kappa shape index (κ3) is 2.63. The highest BCUT2D eigenvalue weighted by Crippen LogP contribution is 2.33. The summed E-state index contributed by atoms with van der Waals surface area (Å²) in [5.74, 6) is -0.291. The van der Waals surface area contributed by atoms with Gasteiger partial charge >= 0.3 is 0 Å². The minimum Gasteiger partial charge on any atom is -0.393 e. The smallest absolute Gasteiger partial charge is 0.237 e. The van der Waals surface area contributed by atoms with Gasteiger partial charge in [0.15, 0.2) is 0 Å². The Hall–Kier alpha value is -1.42. The largest absolute Gasteiger partial charge is 0.393 e. The molecule has 0 aliphatic carbocycles. The molecule has 0 fully saturated rings. The monoisotopic (exact) mass is 276 g/mol. The summed E-state index contributed by atoms with van der Waals surface area (Å²) >= 11 is 5.06. The summed E-state index contributed by atoms with van der Waals surface area (Å²) in [6.45, 7) is 4.11. The average Bonchev–Trinajstić information content (AvgIpc) is 2.70. The Bertz CT molecular complexity index is 501. The third-order valence-corrected chi connectivity index (χ3v) is 3.95. The number of amides is 1. The first-order valence-corrected chi connectivity index (χ1v) is 7.17. The normalized spacial score (nSPS) is 19.1. The minimum atomic E-state index is -0.339. The quantitative estimate of drug-likeness (QED) is 0.860. The fourth-order valence-electron chi connectivity index (χ4n) is 2.75. The van der Waals surface area contributed by atoms with Crippen LogP contribution in [0.1, 0.15) is 32.3 Å². The molecule has 1 aliphatic heterocycles. The summed E-state index contributed by atoms with van der Waals surface area (Å²) in [5, 5.41) is 0. The van der Waals surface area contributed by atoms with Crippen LogP contribution in [0.3, 0.4) is 0 Å². The predicted molar refractivity (Wildman–Crippen MR) is 82.3 cm³/mol. The van der Waals surface area contributed by atoms with E-state index < -0.39 is 0 Å². The molecule has 19 heavy (non-hydrogen) atoms. The number of benzene rings is 1. The molecular formula is C15H20N2OS. The zero-order valence-corrected chi connectivity index (χ0v) is 12.2. The van der Waals surface area contributed by atoms with Crippen LogP contribution in [0.15, 0.2) is 24.3 Å². The maximum Gasteiger partial charge on any atom is 0.237 e. The van der Waals surface area contributed by atoms with Gasteiger partial charge in [-0.3, -0.25) is 4.79 Å². The summed E-state index contributed by atoms with van der Waals surface area (Å²) in [4.78, 5) is 14.9. The molecule has 2 atom stereocenters. The molecule has 1 aromatic carbocycles. The van der Waals surface area contributed by atoms with Crippen molar-refractivity contribution in [3.63, 3.8) is 0 Å². The lowest BCUT2D eigenvalue weighted by Crippen LogP contribution is -2.44. The molecule has 1 aliphatic rings. The van der Waals surface area contributed by atoms with Gasteiger partial charge in [-0.05, 0) is 31.4 Å².